The summed E-state index contributed by atoms with van der Waals surface area (Å²) in [5.41, 5.74) is 0. The van der Waals surface area contributed by atoms with Gasteiger partial charge in [0.1, 0.15) is 0 Å². The SMILES string of the molecule is [c]1cccccs[nH]1. The fraction of sp³-hybridized carbons (Fsp3) is 0. The molecule has 0 atom stereocenters. The summed E-state index contributed by atoms with van der Waals surface area (Å²) in [5, 5.41) is 1.95. The molecule has 0 aliphatic carbocycles. The van der Waals surface area contributed by atoms with E-state index < -0.39 is 0 Å². The molecule has 0 aromatic carbocycles. The van der Waals surface area contributed by atoms with Gasteiger partial charge in [0.2, 0.25) is 0 Å². The number of H-pyrrole nitrogens is 1. The van der Waals surface area contributed by atoms with Gasteiger partial charge in [-0.25, -0.2) is 0 Å². The molecule has 1 heterocycles. The van der Waals surface area contributed by atoms with Gasteiger partial charge < -0.3 is 4.37 Å². The monoisotopic (exact) mass is 124 g/mol. The molecule has 0 unspecified atom stereocenters. The van der Waals surface area contributed by atoms with Crippen molar-refractivity contribution in [1.29, 1.82) is 0 Å². The van der Waals surface area contributed by atoms with Crippen molar-refractivity contribution in [2.45, 2.75) is 0 Å². The predicted molar refractivity (Wildman–Crippen MR) is 35.1 cm³/mol. The number of hydrogen-bond donors (Lipinski definition) is 1. The Bertz CT molecular complexity index is 113. The second-order valence-corrected chi connectivity index (χ2v) is 1.96. The molecule has 0 saturated carbocycles. The third-order valence-corrected chi connectivity index (χ3v) is 1.20. The van der Waals surface area contributed by atoms with Crippen LogP contribution in [-0.4, -0.2) is 4.37 Å². The van der Waals surface area contributed by atoms with Crippen LogP contribution in [0.4, 0.5) is 0 Å². The van der Waals surface area contributed by atoms with Crippen LogP contribution >= 0.6 is 11.5 Å². The van der Waals surface area contributed by atoms with Gasteiger partial charge in [-0.3, -0.25) is 0 Å². The second kappa shape index (κ2) is 3.27. The normalized spacial score (nSPS) is 8.00. The van der Waals surface area contributed by atoms with Crippen molar-refractivity contribution in [3.63, 3.8) is 0 Å². The van der Waals surface area contributed by atoms with Crippen LogP contribution in [0.3, 0.4) is 0 Å². The largest absolute Gasteiger partial charge is 0.309 e. The summed E-state index contributed by atoms with van der Waals surface area (Å²) in [6, 6.07) is 7.68. The number of aromatic amines is 1. The lowest BCUT2D eigenvalue weighted by Crippen LogP contribution is -1.52. The highest BCUT2D eigenvalue weighted by Gasteiger charge is 1.58. The minimum atomic E-state index is 1.50. The number of hydrogen-bond acceptors (Lipinski definition) is 1. The highest BCUT2D eigenvalue weighted by Crippen LogP contribution is 1.82. The molecule has 1 N–H and O–H groups in total. The van der Waals surface area contributed by atoms with Gasteiger partial charge in [-0.05, 0) is 6.07 Å². The fourth-order valence-corrected chi connectivity index (χ4v) is 0.728. The molecule has 1 rings (SSSR count). The van der Waals surface area contributed by atoms with Crippen LogP contribution in [0.1, 0.15) is 0 Å². The van der Waals surface area contributed by atoms with Crippen LogP contribution in [0.2, 0.25) is 0 Å². The number of aromatic nitrogens is 1. The van der Waals surface area contributed by atoms with Gasteiger partial charge in [-0.15, -0.1) is 0 Å². The second-order valence-electron chi connectivity index (χ2n) is 1.24. The molecular formula is C6H6NS. The minimum absolute atomic E-state index is 1.50. The van der Waals surface area contributed by atoms with Gasteiger partial charge in [-0.2, -0.15) is 0 Å². The van der Waals surface area contributed by atoms with Crippen molar-refractivity contribution in [3.05, 3.63) is 35.8 Å². The van der Waals surface area contributed by atoms with E-state index in [1.807, 2.05) is 29.6 Å². The maximum Gasteiger partial charge on any atom is 0.0720 e. The average Bonchev–Trinajstić information content (AvgIpc) is 1.62. The minimum Gasteiger partial charge on any atom is -0.309 e. The third kappa shape index (κ3) is 1.80. The molecule has 0 bridgehead atoms. The van der Waals surface area contributed by atoms with Crippen molar-refractivity contribution in [1.82, 2.24) is 4.37 Å². The van der Waals surface area contributed by atoms with Crippen LogP contribution < -0.4 is 0 Å². The molecule has 8 heavy (non-hydrogen) atoms. The topological polar surface area (TPSA) is 15.8 Å². The smallest absolute Gasteiger partial charge is 0.0720 e. The lowest BCUT2D eigenvalue weighted by atomic mass is 10.5. The molecular weight excluding hydrogens is 118 g/mol. The fourth-order valence-electron chi connectivity index (χ4n) is 0.355. The Labute approximate surface area is 52.5 Å². The van der Waals surface area contributed by atoms with Crippen molar-refractivity contribution >= 4 is 11.5 Å². The standard InChI is InChI=1S/C6H6NS/c1-2-4-6-8-7-5-3-1/h1-4,6-7H. The van der Waals surface area contributed by atoms with E-state index in [1.165, 1.54) is 11.5 Å². The third-order valence-electron chi connectivity index (χ3n) is 0.666. The first-order chi connectivity index (χ1) is 4.00. The Kier molecular flexibility index (Phi) is 2.20. The molecule has 1 aromatic rings. The Balaban J connectivity index is 3.00. The van der Waals surface area contributed by atoms with E-state index >= 15 is 0 Å². The van der Waals surface area contributed by atoms with Gasteiger partial charge >= 0.3 is 0 Å². The van der Waals surface area contributed by atoms with Crippen LogP contribution in [0.15, 0.2) is 29.6 Å². The van der Waals surface area contributed by atoms with Gasteiger partial charge in [-0.1, -0.05) is 29.7 Å². The quantitative estimate of drug-likeness (QED) is 0.544. The van der Waals surface area contributed by atoms with Crippen LogP contribution in [0.5, 0.6) is 0 Å². The lowest BCUT2D eigenvalue weighted by molar-refractivity contribution is 1.51. The Morgan fingerprint density at radius 2 is 2.25 bits per heavy atom. The van der Waals surface area contributed by atoms with Crippen LogP contribution in [-0.2, 0) is 0 Å². The van der Waals surface area contributed by atoms with E-state index in [-0.39, 0.29) is 0 Å². The van der Waals surface area contributed by atoms with E-state index in [4.69, 9.17) is 0 Å². The maximum atomic E-state index is 2.86. The molecule has 0 amide bonds. The zero-order valence-electron chi connectivity index (χ0n) is 4.29. The summed E-state index contributed by atoms with van der Waals surface area (Å²) >= 11 is 1.50. The summed E-state index contributed by atoms with van der Waals surface area (Å²) in [6.45, 7) is 0. The van der Waals surface area contributed by atoms with Crippen molar-refractivity contribution in [2.75, 3.05) is 0 Å². The van der Waals surface area contributed by atoms with E-state index in [9.17, 15) is 0 Å². The van der Waals surface area contributed by atoms with E-state index in [1.54, 1.807) is 0 Å². The summed E-state index contributed by atoms with van der Waals surface area (Å²) in [5.74, 6) is 0. The van der Waals surface area contributed by atoms with Gasteiger partial charge in [0.15, 0.2) is 0 Å². The summed E-state index contributed by atoms with van der Waals surface area (Å²) < 4.78 is 2.86. The molecule has 2 heteroatoms. The number of rotatable bonds is 0. The highest BCUT2D eigenvalue weighted by atomic mass is 32.1. The molecule has 0 spiro atoms. The molecule has 1 radical (unpaired) electrons. The van der Waals surface area contributed by atoms with Gasteiger partial charge in [0, 0.05) is 5.38 Å². The van der Waals surface area contributed by atoms with E-state index in [0.717, 1.165) is 0 Å². The Hall–Kier alpha value is -0.760. The van der Waals surface area contributed by atoms with Gasteiger partial charge in [0.05, 0.1) is 6.20 Å². The van der Waals surface area contributed by atoms with Gasteiger partial charge in [0.25, 0.3) is 0 Å². The van der Waals surface area contributed by atoms with E-state index in [0.29, 0.717) is 0 Å². The molecule has 0 fully saturated rings. The Morgan fingerprint density at radius 1 is 1.25 bits per heavy atom. The van der Waals surface area contributed by atoms with Crippen molar-refractivity contribution in [2.24, 2.45) is 0 Å². The first kappa shape index (κ1) is 5.38. The lowest BCUT2D eigenvalue weighted by Gasteiger charge is -1.70. The maximum absolute atomic E-state index is 2.86. The molecule has 0 aliphatic rings. The first-order valence-corrected chi connectivity index (χ1v) is 3.19. The zero-order valence-corrected chi connectivity index (χ0v) is 5.11. The molecule has 0 aliphatic heterocycles. The van der Waals surface area contributed by atoms with E-state index in [2.05, 4.69) is 10.6 Å². The zero-order chi connectivity index (χ0) is 5.66. The predicted octanol–water partition coefficient (Wildman–Crippen LogP) is 2.00. The Morgan fingerprint density at radius 3 is 3.25 bits per heavy atom. The molecule has 41 valence electrons. The number of nitrogens with one attached hydrogen (secondary N) is 1. The summed E-state index contributed by atoms with van der Waals surface area (Å²) in [4.78, 5) is 0. The first-order valence-electron chi connectivity index (χ1n) is 2.31. The van der Waals surface area contributed by atoms with Crippen molar-refractivity contribution < 1.29 is 0 Å². The highest BCUT2D eigenvalue weighted by molar-refractivity contribution is 7.03. The molecule has 1 aromatic heterocycles. The molecule has 1 nitrogen and oxygen atoms in total. The van der Waals surface area contributed by atoms with Crippen LogP contribution in [0, 0.1) is 6.20 Å². The van der Waals surface area contributed by atoms with Crippen LogP contribution in [0.25, 0.3) is 0 Å². The molecule has 0 saturated heterocycles. The summed E-state index contributed by atoms with van der Waals surface area (Å²) in [7, 11) is 0. The average molecular weight is 124 g/mol. The van der Waals surface area contributed by atoms with Crippen molar-refractivity contribution in [3.8, 4) is 0 Å². The summed E-state index contributed by atoms with van der Waals surface area (Å²) in [6.07, 6.45) is 2.84.